The van der Waals surface area contributed by atoms with E-state index in [2.05, 4.69) is 24.6 Å². The monoisotopic (exact) mass is 156 g/mol. The first-order valence-corrected chi connectivity index (χ1v) is 5.73. The molecule has 0 bridgehead atoms. The summed E-state index contributed by atoms with van der Waals surface area (Å²) in [5.41, 5.74) is 1.36. The van der Waals surface area contributed by atoms with E-state index in [0.29, 0.717) is 0 Å². The zero-order chi connectivity index (χ0) is 7.56. The van der Waals surface area contributed by atoms with Crippen LogP contribution in [0.5, 0.6) is 0 Å². The molecule has 0 aromatic carbocycles. The minimum absolute atomic E-state index is 0.183. The summed E-state index contributed by atoms with van der Waals surface area (Å²) in [4.78, 5) is 0. The third-order valence-electron chi connectivity index (χ3n) is 1.26. The summed E-state index contributed by atoms with van der Waals surface area (Å²) in [7, 11) is 2.14. The zero-order valence-electron chi connectivity index (χ0n) is 6.70. The smallest absolute Gasteiger partial charge is 0.0525 e. The van der Waals surface area contributed by atoms with Gasteiger partial charge in [0.05, 0.1) is 6.20 Å². The molecule has 0 saturated carbocycles. The number of aryl methyl sites for hydroxylation is 1. The van der Waals surface area contributed by atoms with Gasteiger partial charge in [0.1, 0.15) is 0 Å². The van der Waals surface area contributed by atoms with Crippen LogP contribution in [0.1, 0.15) is 5.56 Å². The quantitative estimate of drug-likeness (QED) is 0.595. The van der Waals surface area contributed by atoms with Crippen LogP contribution in [-0.2, 0) is 13.2 Å². The van der Waals surface area contributed by atoms with Crippen molar-refractivity contribution in [3.05, 3.63) is 18.0 Å². The van der Waals surface area contributed by atoms with E-state index >= 15 is 0 Å². The molecule has 0 radical (unpaired) electrons. The Hall–Kier alpha value is -0.360. The second-order valence-corrected chi connectivity index (χ2v) is 5.24. The highest BCUT2D eigenvalue weighted by atomic mass is 31.1. The lowest BCUT2D eigenvalue weighted by molar-refractivity contribution is 0.767. The standard InChI is InChI=1S/C7H13N2P/c1-9-5-7(4-8-9)6-10(2)3/h4-5H,6H2,1-3H3. The summed E-state index contributed by atoms with van der Waals surface area (Å²) < 4.78 is 1.86. The van der Waals surface area contributed by atoms with Crippen LogP contribution in [-0.4, -0.2) is 23.1 Å². The van der Waals surface area contributed by atoms with Gasteiger partial charge in [0, 0.05) is 13.2 Å². The Labute approximate surface area is 63.0 Å². The molecule has 1 aromatic rings. The summed E-state index contributed by atoms with van der Waals surface area (Å²) in [6.07, 6.45) is 5.23. The first kappa shape index (κ1) is 7.74. The van der Waals surface area contributed by atoms with Crippen LogP contribution < -0.4 is 0 Å². The lowest BCUT2D eigenvalue weighted by Crippen LogP contribution is -1.84. The Morgan fingerprint density at radius 2 is 2.30 bits per heavy atom. The molecular formula is C7H13N2P. The molecule has 0 aliphatic heterocycles. The van der Waals surface area contributed by atoms with Crippen LogP contribution in [0, 0.1) is 0 Å². The molecule has 2 nitrogen and oxygen atoms in total. The summed E-state index contributed by atoms with van der Waals surface area (Å²) in [6.45, 7) is 4.56. The lowest BCUT2D eigenvalue weighted by atomic mass is 10.4. The molecular weight excluding hydrogens is 143 g/mol. The van der Waals surface area contributed by atoms with Gasteiger partial charge in [-0.2, -0.15) is 5.10 Å². The molecule has 0 N–H and O–H groups in total. The first-order valence-electron chi connectivity index (χ1n) is 3.31. The summed E-state index contributed by atoms with van der Waals surface area (Å²) in [6, 6.07) is 0. The van der Waals surface area contributed by atoms with Crippen LogP contribution in [0.25, 0.3) is 0 Å². The summed E-state index contributed by atoms with van der Waals surface area (Å²) >= 11 is 0. The van der Waals surface area contributed by atoms with E-state index in [0.717, 1.165) is 0 Å². The predicted molar refractivity (Wildman–Crippen MR) is 45.7 cm³/mol. The van der Waals surface area contributed by atoms with E-state index in [4.69, 9.17) is 0 Å². The van der Waals surface area contributed by atoms with E-state index in [1.807, 2.05) is 17.9 Å². The number of hydrogen-bond donors (Lipinski definition) is 0. The SMILES string of the molecule is Cn1cc(CP(C)C)cn1. The Balaban J connectivity index is 2.58. The van der Waals surface area contributed by atoms with Gasteiger partial charge in [0.15, 0.2) is 0 Å². The number of nitrogens with zero attached hydrogens (tertiary/aromatic N) is 2. The average molecular weight is 156 g/mol. The molecule has 56 valence electrons. The van der Waals surface area contributed by atoms with E-state index < -0.39 is 0 Å². The minimum Gasteiger partial charge on any atom is -0.276 e. The van der Waals surface area contributed by atoms with Crippen molar-refractivity contribution in [2.24, 2.45) is 7.05 Å². The molecule has 0 spiro atoms. The maximum absolute atomic E-state index is 4.10. The minimum atomic E-state index is 0.183. The molecule has 1 aromatic heterocycles. The van der Waals surface area contributed by atoms with E-state index in [9.17, 15) is 0 Å². The van der Waals surface area contributed by atoms with Gasteiger partial charge in [0.2, 0.25) is 0 Å². The zero-order valence-corrected chi connectivity index (χ0v) is 7.60. The Bertz CT molecular complexity index is 205. The van der Waals surface area contributed by atoms with Gasteiger partial charge in [0.25, 0.3) is 0 Å². The maximum atomic E-state index is 4.10. The molecule has 0 saturated heterocycles. The van der Waals surface area contributed by atoms with Crippen LogP contribution in [0.2, 0.25) is 0 Å². The topological polar surface area (TPSA) is 17.8 Å². The van der Waals surface area contributed by atoms with Gasteiger partial charge in [-0.25, -0.2) is 0 Å². The third kappa shape index (κ3) is 2.11. The summed E-state index contributed by atoms with van der Waals surface area (Å²) in [5.74, 6) is 0. The van der Waals surface area contributed by atoms with Gasteiger partial charge < -0.3 is 0 Å². The van der Waals surface area contributed by atoms with Crippen molar-refractivity contribution in [1.29, 1.82) is 0 Å². The van der Waals surface area contributed by atoms with Gasteiger partial charge in [-0.1, -0.05) is 0 Å². The largest absolute Gasteiger partial charge is 0.276 e. The van der Waals surface area contributed by atoms with E-state index in [-0.39, 0.29) is 7.92 Å². The number of aromatic nitrogens is 2. The van der Waals surface area contributed by atoms with Crippen molar-refractivity contribution >= 4 is 7.92 Å². The van der Waals surface area contributed by atoms with Gasteiger partial charge in [-0.15, -0.1) is 7.92 Å². The van der Waals surface area contributed by atoms with Crippen molar-refractivity contribution in [1.82, 2.24) is 9.78 Å². The van der Waals surface area contributed by atoms with Crippen LogP contribution >= 0.6 is 7.92 Å². The molecule has 0 aliphatic carbocycles. The van der Waals surface area contributed by atoms with Crippen molar-refractivity contribution in [3.8, 4) is 0 Å². The fraction of sp³-hybridized carbons (Fsp3) is 0.571. The fourth-order valence-electron chi connectivity index (χ4n) is 0.919. The molecule has 1 rings (SSSR count). The Morgan fingerprint density at radius 3 is 2.70 bits per heavy atom. The van der Waals surface area contributed by atoms with E-state index in [1.165, 1.54) is 11.7 Å². The van der Waals surface area contributed by atoms with Crippen molar-refractivity contribution in [2.45, 2.75) is 6.16 Å². The normalized spacial score (nSPS) is 10.8. The van der Waals surface area contributed by atoms with Crippen molar-refractivity contribution in [2.75, 3.05) is 13.3 Å². The predicted octanol–water partition coefficient (Wildman–Crippen LogP) is 1.66. The van der Waals surface area contributed by atoms with Gasteiger partial charge in [-0.05, 0) is 25.1 Å². The molecule has 0 atom stereocenters. The van der Waals surface area contributed by atoms with Gasteiger partial charge in [-0.3, -0.25) is 4.68 Å². The highest BCUT2D eigenvalue weighted by Gasteiger charge is 1.97. The molecule has 0 aliphatic rings. The second-order valence-electron chi connectivity index (χ2n) is 2.76. The molecule has 0 amide bonds. The molecule has 0 fully saturated rings. The molecule has 10 heavy (non-hydrogen) atoms. The Kier molecular flexibility index (Phi) is 2.44. The van der Waals surface area contributed by atoms with Crippen molar-refractivity contribution in [3.63, 3.8) is 0 Å². The number of hydrogen-bond acceptors (Lipinski definition) is 1. The second kappa shape index (κ2) is 3.16. The molecule has 0 unspecified atom stereocenters. The molecule has 1 heterocycles. The van der Waals surface area contributed by atoms with Crippen LogP contribution in [0.15, 0.2) is 12.4 Å². The van der Waals surface area contributed by atoms with Crippen LogP contribution in [0.3, 0.4) is 0 Å². The average Bonchev–Trinajstić information content (AvgIpc) is 2.13. The first-order chi connectivity index (χ1) is 4.68. The van der Waals surface area contributed by atoms with Crippen LogP contribution in [0.4, 0.5) is 0 Å². The fourth-order valence-corrected chi connectivity index (χ4v) is 1.81. The molecule has 3 heteroatoms. The lowest BCUT2D eigenvalue weighted by Gasteiger charge is -1.99. The highest BCUT2D eigenvalue weighted by molar-refractivity contribution is 7.55. The number of rotatable bonds is 2. The van der Waals surface area contributed by atoms with Crippen molar-refractivity contribution < 1.29 is 0 Å². The van der Waals surface area contributed by atoms with E-state index in [1.54, 1.807) is 0 Å². The highest BCUT2D eigenvalue weighted by Crippen LogP contribution is 2.29. The third-order valence-corrected chi connectivity index (χ3v) is 2.25. The Morgan fingerprint density at radius 1 is 1.60 bits per heavy atom. The summed E-state index contributed by atoms with van der Waals surface area (Å²) in [5, 5.41) is 4.10. The maximum Gasteiger partial charge on any atom is 0.0525 e. The van der Waals surface area contributed by atoms with Gasteiger partial charge >= 0.3 is 0 Å².